The van der Waals surface area contributed by atoms with Crippen LogP contribution in [-0.4, -0.2) is 96.7 Å². The minimum absolute atomic E-state index is 0.0840. The Morgan fingerprint density at radius 2 is 0.568 bits per heavy atom. The number of aliphatic hydroxyl groups excluding tert-OH is 1. The number of esters is 4. The van der Waals surface area contributed by atoms with Crippen molar-refractivity contribution in [2.75, 3.05) is 39.6 Å². The number of carbonyl (C=O) groups is 4. The fourth-order valence-corrected chi connectivity index (χ4v) is 12.6. The standard InChI is InChI=1S/C76H144O17P2/c1-8-9-10-11-12-13-14-15-16-20-23-30-37-45-52-59-76(81)93-72(64-87-74(79)58-51-44-39-32-35-42-49-56-69(6)7)66-91-95(84,85)89-62-70(77)61-88-94(82,83)90-65-71(63-86-73(78)57-50-43-36-29-26-25-28-34-41-48-55-68(4)5)92-75(80)60-53-46-38-31-24-21-18-17-19-22-27-33-40-47-54-67(2)3/h13-16,67-72,77H,8-12,17-66H2,1-7H3,(H,82,83)(H,84,85)/b14-13-,16-15-/t70?,71-,72-/m1/s1. The van der Waals surface area contributed by atoms with Crippen molar-refractivity contribution in [2.45, 2.75) is 381 Å². The van der Waals surface area contributed by atoms with E-state index in [0.29, 0.717) is 31.6 Å². The summed E-state index contributed by atoms with van der Waals surface area (Å²) in [5.74, 6) is 0.103. The smallest absolute Gasteiger partial charge is 0.462 e. The van der Waals surface area contributed by atoms with Crippen molar-refractivity contribution in [3.8, 4) is 0 Å². The molecule has 0 radical (unpaired) electrons. The van der Waals surface area contributed by atoms with E-state index in [1.807, 2.05) is 0 Å². The van der Waals surface area contributed by atoms with Crippen molar-refractivity contribution in [3.05, 3.63) is 24.3 Å². The topological polar surface area (TPSA) is 237 Å². The molecule has 0 aromatic carbocycles. The zero-order valence-electron chi connectivity index (χ0n) is 61.6. The average molecular weight is 1390 g/mol. The van der Waals surface area contributed by atoms with E-state index in [4.69, 9.17) is 37.0 Å². The van der Waals surface area contributed by atoms with Gasteiger partial charge in [-0.05, 0) is 69.1 Å². The van der Waals surface area contributed by atoms with Gasteiger partial charge in [0.15, 0.2) is 12.2 Å². The molecule has 17 nitrogen and oxygen atoms in total. The van der Waals surface area contributed by atoms with Crippen LogP contribution in [0, 0.1) is 17.8 Å². The van der Waals surface area contributed by atoms with Crippen LogP contribution in [0.15, 0.2) is 24.3 Å². The van der Waals surface area contributed by atoms with Gasteiger partial charge in [0.1, 0.15) is 19.3 Å². The third-order valence-electron chi connectivity index (χ3n) is 17.0. The monoisotopic (exact) mass is 1390 g/mol. The third kappa shape index (κ3) is 69.8. The van der Waals surface area contributed by atoms with Gasteiger partial charge in [-0.1, -0.05) is 310 Å². The second-order valence-electron chi connectivity index (χ2n) is 28.1. The second kappa shape index (κ2) is 66.1. The summed E-state index contributed by atoms with van der Waals surface area (Å²) in [4.78, 5) is 72.8. The Balaban J connectivity index is 5.28. The van der Waals surface area contributed by atoms with Gasteiger partial charge in [-0.3, -0.25) is 37.3 Å². The van der Waals surface area contributed by atoms with Crippen molar-refractivity contribution in [2.24, 2.45) is 17.8 Å². The molecule has 0 aromatic heterocycles. The molecule has 19 heteroatoms. The quantitative estimate of drug-likeness (QED) is 0.0169. The summed E-state index contributed by atoms with van der Waals surface area (Å²) in [7, 11) is -9.93. The molecule has 0 heterocycles. The van der Waals surface area contributed by atoms with Crippen molar-refractivity contribution >= 4 is 39.5 Å². The largest absolute Gasteiger partial charge is 0.472 e. The highest BCUT2D eigenvalue weighted by Crippen LogP contribution is 2.45. The first-order valence-corrected chi connectivity index (χ1v) is 41.7. The van der Waals surface area contributed by atoms with E-state index in [1.165, 1.54) is 154 Å². The predicted octanol–water partition coefficient (Wildman–Crippen LogP) is 21.7. The molecule has 3 N–H and O–H groups in total. The zero-order chi connectivity index (χ0) is 70.1. The minimum Gasteiger partial charge on any atom is -0.462 e. The van der Waals surface area contributed by atoms with E-state index in [9.17, 15) is 43.2 Å². The molecular formula is C76H144O17P2. The molecule has 3 unspecified atom stereocenters. The van der Waals surface area contributed by atoms with Gasteiger partial charge in [-0.15, -0.1) is 0 Å². The summed E-state index contributed by atoms with van der Waals surface area (Å²) in [6, 6.07) is 0. The molecule has 5 atom stereocenters. The molecule has 0 bridgehead atoms. The van der Waals surface area contributed by atoms with Crippen LogP contribution in [-0.2, 0) is 65.4 Å². The lowest BCUT2D eigenvalue weighted by Crippen LogP contribution is -2.30. The number of unbranched alkanes of at least 4 members (excludes halogenated alkanes) is 37. The SMILES string of the molecule is CCCCCC/C=C\C=C/CCCCCCCC(=O)O[C@H](COC(=O)CCCCCCCCCC(C)C)COP(=O)(O)OCC(O)COP(=O)(O)OC[C@@H](COC(=O)CCCCCCCCCCCCC(C)C)OC(=O)CCCCCCCCCCCCCCCCC(C)C. The first-order valence-electron chi connectivity index (χ1n) is 38.7. The zero-order valence-corrected chi connectivity index (χ0v) is 63.4. The van der Waals surface area contributed by atoms with E-state index in [2.05, 4.69) is 72.8 Å². The van der Waals surface area contributed by atoms with E-state index in [-0.39, 0.29) is 25.7 Å². The summed E-state index contributed by atoms with van der Waals surface area (Å²) in [6.45, 7) is 11.8. The molecule has 0 fully saturated rings. The summed E-state index contributed by atoms with van der Waals surface area (Å²) in [5.41, 5.74) is 0. The number of phosphoric acid groups is 2. The predicted molar refractivity (Wildman–Crippen MR) is 386 cm³/mol. The third-order valence-corrected chi connectivity index (χ3v) is 18.9. The van der Waals surface area contributed by atoms with Gasteiger partial charge in [-0.25, -0.2) is 9.13 Å². The molecule has 0 saturated heterocycles. The first kappa shape index (κ1) is 92.5. The Hall–Kier alpha value is -2.46. The maximum absolute atomic E-state index is 13.1. The van der Waals surface area contributed by atoms with Gasteiger partial charge in [0, 0.05) is 25.7 Å². The van der Waals surface area contributed by atoms with Gasteiger partial charge in [0.2, 0.25) is 0 Å². The Labute approximate surface area is 580 Å². The van der Waals surface area contributed by atoms with Gasteiger partial charge < -0.3 is 33.8 Å². The van der Waals surface area contributed by atoms with Gasteiger partial charge in [0.05, 0.1) is 26.4 Å². The normalized spacial score (nSPS) is 14.2. The van der Waals surface area contributed by atoms with Crippen LogP contribution in [0.25, 0.3) is 0 Å². The highest BCUT2D eigenvalue weighted by molar-refractivity contribution is 7.47. The number of aliphatic hydroxyl groups is 1. The Morgan fingerprint density at radius 1 is 0.326 bits per heavy atom. The summed E-state index contributed by atoms with van der Waals surface area (Å²) >= 11 is 0. The molecule has 0 rings (SSSR count). The highest BCUT2D eigenvalue weighted by atomic mass is 31.2. The molecule has 0 aliphatic carbocycles. The number of phosphoric ester groups is 2. The van der Waals surface area contributed by atoms with Crippen molar-refractivity contribution in [1.82, 2.24) is 0 Å². The molecule has 560 valence electrons. The van der Waals surface area contributed by atoms with Crippen LogP contribution in [0.3, 0.4) is 0 Å². The number of ether oxygens (including phenoxy) is 4. The van der Waals surface area contributed by atoms with Crippen LogP contribution in [0.1, 0.15) is 363 Å². The van der Waals surface area contributed by atoms with Crippen LogP contribution < -0.4 is 0 Å². The molecule has 0 aliphatic heterocycles. The van der Waals surface area contributed by atoms with Crippen LogP contribution in [0.2, 0.25) is 0 Å². The number of allylic oxidation sites excluding steroid dienone is 4. The molecule has 0 aliphatic rings. The Morgan fingerprint density at radius 3 is 0.853 bits per heavy atom. The summed E-state index contributed by atoms with van der Waals surface area (Å²) < 4.78 is 68.5. The molecule has 95 heavy (non-hydrogen) atoms. The van der Waals surface area contributed by atoms with Gasteiger partial charge >= 0.3 is 39.5 Å². The number of hydrogen-bond acceptors (Lipinski definition) is 15. The summed E-state index contributed by atoms with van der Waals surface area (Å²) in [6.07, 6.45) is 55.0. The lowest BCUT2D eigenvalue weighted by Gasteiger charge is -2.21. The van der Waals surface area contributed by atoms with Crippen LogP contribution in [0.4, 0.5) is 0 Å². The van der Waals surface area contributed by atoms with E-state index in [1.54, 1.807) is 0 Å². The average Bonchev–Trinajstić information content (AvgIpc) is 3.62. The number of rotatable bonds is 72. The second-order valence-corrected chi connectivity index (χ2v) is 31.0. The molecule has 0 spiro atoms. The van der Waals surface area contributed by atoms with Crippen molar-refractivity contribution < 1.29 is 80.2 Å². The minimum atomic E-state index is -4.96. The fraction of sp³-hybridized carbons (Fsp3) is 0.895. The lowest BCUT2D eigenvalue weighted by molar-refractivity contribution is -0.161. The van der Waals surface area contributed by atoms with Gasteiger partial charge in [-0.2, -0.15) is 0 Å². The van der Waals surface area contributed by atoms with Gasteiger partial charge in [0.25, 0.3) is 0 Å². The van der Waals surface area contributed by atoms with E-state index in [0.717, 1.165) is 121 Å². The Bertz CT molecular complexity index is 1950. The fourth-order valence-electron chi connectivity index (χ4n) is 11.1. The summed E-state index contributed by atoms with van der Waals surface area (Å²) in [5, 5.41) is 10.6. The van der Waals surface area contributed by atoms with E-state index >= 15 is 0 Å². The lowest BCUT2D eigenvalue weighted by atomic mass is 10.0. The molecular weight excluding hydrogens is 1250 g/mol. The Kier molecular flexibility index (Phi) is 64.4. The van der Waals surface area contributed by atoms with Crippen LogP contribution >= 0.6 is 15.6 Å². The van der Waals surface area contributed by atoms with Crippen molar-refractivity contribution in [1.29, 1.82) is 0 Å². The molecule has 0 saturated carbocycles. The molecule has 0 aromatic rings. The number of hydrogen-bond donors (Lipinski definition) is 3. The van der Waals surface area contributed by atoms with Crippen molar-refractivity contribution in [3.63, 3.8) is 0 Å². The van der Waals surface area contributed by atoms with Crippen LogP contribution in [0.5, 0.6) is 0 Å². The highest BCUT2D eigenvalue weighted by Gasteiger charge is 2.30. The first-order chi connectivity index (χ1) is 45.7. The molecule has 0 amide bonds. The maximum atomic E-state index is 13.1. The maximum Gasteiger partial charge on any atom is 0.472 e. The van der Waals surface area contributed by atoms with E-state index < -0.39 is 97.5 Å². The number of carbonyl (C=O) groups excluding carboxylic acids is 4.